The molecule has 0 aliphatic heterocycles. The highest BCUT2D eigenvalue weighted by Crippen LogP contribution is 2.02. The van der Waals surface area contributed by atoms with Crippen molar-refractivity contribution in [3.63, 3.8) is 0 Å². The Bertz CT molecular complexity index is 560. The van der Waals surface area contributed by atoms with Crippen molar-refractivity contribution >= 4 is 5.82 Å². The van der Waals surface area contributed by atoms with Crippen molar-refractivity contribution in [1.29, 1.82) is 0 Å². The largest absolute Gasteiger partial charge is 0.362 e. The predicted octanol–water partition coefficient (Wildman–Crippen LogP) is 0.636. The lowest BCUT2D eigenvalue weighted by Crippen LogP contribution is -2.13. The molecule has 0 aliphatic rings. The molecule has 0 saturated carbocycles. The summed E-state index contributed by atoms with van der Waals surface area (Å²) in [5, 5.41) is 6.71. The van der Waals surface area contributed by atoms with E-state index in [1.54, 1.807) is 6.92 Å². The number of H-pyrrole nitrogens is 1. The van der Waals surface area contributed by atoms with Crippen LogP contribution in [-0.2, 0) is 13.0 Å². The molecule has 0 aromatic carbocycles. The molecule has 7 nitrogen and oxygen atoms in total. The third-order valence-electron chi connectivity index (χ3n) is 2.12. The minimum Gasteiger partial charge on any atom is -0.362 e. The number of aryl methyl sites for hydroxylation is 2. The first-order valence-electron chi connectivity index (χ1n) is 5.30. The van der Waals surface area contributed by atoms with Crippen molar-refractivity contribution in [2.24, 2.45) is 0 Å². The van der Waals surface area contributed by atoms with Crippen LogP contribution >= 0.6 is 0 Å². The summed E-state index contributed by atoms with van der Waals surface area (Å²) in [6.07, 6.45) is 0.673. The number of hydrogen-bond acceptors (Lipinski definition) is 6. The first-order valence-corrected chi connectivity index (χ1v) is 5.30. The van der Waals surface area contributed by atoms with Gasteiger partial charge in [0.2, 0.25) is 5.89 Å². The molecule has 0 unspecified atom stereocenters. The lowest BCUT2D eigenvalue weighted by molar-refractivity contribution is 0.388. The second-order valence-corrected chi connectivity index (χ2v) is 3.51. The minimum atomic E-state index is -0.177. The molecule has 0 amide bonds. The van der Waals surface area contributed by atoms with E-state index in [0.29, 0.717) is 36.3 Å². The molecule has 2 aromatic heterocycles. The van der Waals surface area contributed by atoms with Gasteiger partial charge in [0.05, 0.1) is 6.54 Å². The molecule has 0 radical (unpaired) electrons. The van der Waals surface area contributed by atoms with E-state index >= 15 is 0 Å². The van der Waals surface area contributed by atoms with Crippen LogP contribution in [-0.4, -0.2) is 20.1 Å². The van der Waals surface area contributed by atoms with Crippen molar-refractivity contribution in [2.75, 3.05) is 5.32 Å². The van der Waals surface area contributed by atoms with Gasteiger partial charge in [-0.15, -0.1) is 0 Å². The summed E-state index contributed by atoms with van der Waals surface area (Å²) in [7, 11) is 0. The Morgan fingerprint density at radius 2 is 2.29 bits per heavy atom. The second-order valence-electron chi connectivity index (χ2n) is 3.51. The molecule has 2 heterocycles. The van der Waals surface area contributed by atoms with Crippen LogP contribution < -0.4 is 10.9 Å². The van der Waals surface area contributed by atoms with Gasteiger partial charge in [-0.3, -0.25) is 4.79 Å². The zero-order valence-electron chi connectivity index (χ0n) is 9.65. The lowest BCUT2D eigenvalue weighted by atomic mass is 10.4. The van der Waals surface area contributed by atoms with Crippen molar-refractivity contribution < 1.29 is 4.52 Å². The molecule has 0 saturated heterocycles. The van der Waals surface area contributed by atoms with E-state index in [0.717, 1.165) is 0 Å². The van der Waals surface area contributed by atoms with Crippen LogP contribution in [0.4, 0.5) is 5.82 Å². The fourth-order valence-electron chi connectivity index (χ4n) is 1.35. The molecule has 0 aliphatic carbocycles. The number of hydrogen-bond donors (Lipinski definition) is 2. The number of aromatic nitrogens is 4. The normalized spacial score (nSPS) is 10.5. The number of nitrogens with one attached hydrogen (secondary N) is 2. The van der Waals surface area contributed by atoms with Crippen LogP contribution in [0.5, 0.6) is 0 Å². The van der Waals surface area contributed by atoms with E-state index in [-0.39, 0.29) is 5.56 Å². The van der Waals surface area contributed by atoms with E-state index in [9.17, 15) is 4.79 Å². The number of aromatic amines is 1. The Balaban J connectivity index is 2.08. The van der Waals surface area contributed by atoms with E-state index < -0.39 is 0 Å². The van der Waals surface area contributed by atoms with Crippen molar-refractivity contribution in [2.45, 2.75) is 26.8 Å². The standard InChI is InChI=1S/C10H13N5O2/c1-3-7-13-8(4-10(16)14-7)11-5-9-12-6(2)17-15-9/h4H,3,5H2,1-2H3,(H2,11,13,14,16). The van der Waals surface area contributed by atoms with Crippen LogP contribution in [0.25, 0.3) is 0 Å². The first-order chi connectivity index (χ1) is 8.17. The van der Waals surface area contributed by atoms with Gasteiger partial charge in [-0.05, 0) is 0 Å². The molecule has 0 bridgehead atoms. The van der Waals surface area contributed by atoms with Crippen LogP contribution in [0, 0.1) is 6.92 Å². The van der Waals surface area contributed by atoms with Crippen molar-refractivity contribution in [3.05, 3.63) is 34.0 Å². The van der Waals surface area contributed by atoms with Crippen LogP contribution in [0.3, 0.4) is 0 Å². The summed E-state index contributed by atoms with van der Waals surface area (Å²) in [5.41, 5.74) is -0.177. The molecule has 0 fully saturated rings. The molecule has 2 rings (SSSR count). The quantitative estimate of drug-likeness (QED) is 0.807. The topological polar surface area (TPSA) is 96.7 Å². The maximum atomic E-state index is 11.3. The molecule has 2 N–H and O–H groups in total. The average molecular weight is 235 g/mol. The van der Waals surface area contributed by atoms with E-state index in [4.69, 9.17) is 4.52 Å². The number of nitrogens with zero attached hydrogens (tertiary/aromatic N) is 3. The van der Waals surface area contributed by atoms with E-state index in [1.807, 2.05) is 6.92 Å². The second kappa shape index (κ2) is 4.77. The summed E-state index contributed by atoms with van der Waals surface area (Å²) in [6, 6.07) is 1.39. The molecule has 0 atom stereocenters. The highest BCUT2D eigenvalue weighted by Gasteiger charge is 2.03. The van der Waals surface area contributed by atoms with Gasteiger partial charge in [0.1, 0.15) is 11.6 Å². The highest BCUT2D eigenvalue weighted by molar-refractivity contribution is 5.32. The molecular formula is C10H13N5O2. The Hall–Kier alpha value is -2.18. The van der Waals surface area contributed by atoms with Crippen LogP contribution in [0.15, 0.2) is 15.4 Å². The Labute approximate surface area is 97.3 Å². The fourth-order valence-corrected chi connectivity index (χ4v) is 1.35. The van der Waals surface area contributed by atoms with E-state index in [2.05, 4.69) is 25.4 Å². The maximum absolute atomic E-state index is 11.3. The smallest absolute Gasteiger partial charge is 0.252 e. The van der Waals surface area contributed by atoms with Gasteiger partial charge in [0, 0.05) is 19.4 Å². The molecule has 17 heavy (non-hydrogen) atoms. The summed E-state index contributed by atoms with van der Waals surface area (Å²) >= 11 is 0. The molecule has 2 aromatic rings. The van der Waals surface area contributed by atoms with Gasteiger partial charge in [-0.25, -0.2) is 4.98 Å². The van der Waals surface area contributed by atoms with Crippen molar-refractivity contribution in [1.82, 2.24) is 20.1 Å². The SMILES string of the molecule is CCc1nc(NCc2noc(C)n2)cc(=O)[nH]1. The van der Waals surface area contributed by atoms with Crippen molar-refractivity contribution in [3.8, 4) is 0 Å². The summed E-state index contributed by atoms with van der Waals surface area (Å²) in [5.74, 6) is 2.19. The minimum absolute atomic E-state index is 0.177. The van der Waals surface area contributed by atoms with Gasteiger partial charge in [-0.2, -0.15) is 4.98 Å². The fraction of sp³-hybridized carbons (Fsp3) is 0.400. The Morgan fingerprint density at radius 1 is 1.47 bits per heavy atom. The van der Waals surface area contributed by atoms with Gasteiger partial charge in [0.15, 0.2) is 5.82 Å². The van der Waals surface area contributed by atoms with Crippen LogP contribution in [0.2, 0.25) is 0 Å². The average Bonchev–Trinajstić information content (AvgIpc) is 2.72. The van der Waals surface area contributed by atoms with Gasteiger partial charge in [0.25, 0.3) is 5.56 Å². The third-order valence-corrected chi connectivity index (χ3v) is 2.12. The summed E-state index contributed by atoms with van der Waals surface area (Å²) < 4.78 is 4.83. The first kappa shape index (κ1) is 11.3. The number of anilines is 1. The highest BCUT2D eigenvalue weighted by atomic mass is 16.5. The van der Waals surface area contributed by atoms with Crippen LogP contribution in [0.1, 0.15) is 24.5 Å². The Kier molecular flexibility index (Phi) is 3.17. The summed E-state index contributed by atoms with van der Waals surface area (Å²) in [4.78, 5) is 22.2. The lowest BCUT2D eigenvalue weighted by Gasteiger charge is -2.03. The maximum Gasteiger partial charge on any atom is 0.252 e. The zero-order chi connectivity index (χ0) is 12.3. The molecule has 7 heteroatoms. The van der Waals surface area contributed by atoms with Gasteiger partial charge >= 0.3 is 0 Å². The third kappa shape index (κ3) is 2.90. The number of rotatable bonds is 4. The van der Waals surface area contributed by atoms with Gasteiger partial charge < -0.3 is 14.8 Å². The molecule has 90 valence electrons. The Morgan fingerprint density at radius 3 is 2.94 bits per heavy atom. The summed E-state index contributed by atoms with van der Waals surface area (Å²) in [6.45, 7) is 4.01. The monoisotopic (exact) mass is 235 g/mol. The zero-order valence-corrected chi connectivity index (χ0v) is 9.65. The molecule has 0 spiro atoms. The predicted molar refractivity (Wildman–Crippen MR) is 60.6 cm³/mol. The molecular weight excluding hydrogens is 222 g/mol. The van der Waals surface area contributed by atoms with E-state index in [1.165, 1.54) is 6.07 Å². The van der Waals surface area contributed by atoms with Gasteiger partial charge in [-0.1, -0.05) is 12.1 Å².